The molecular formula is C17H23N3O2. The second-order valence-electron chi connectivity index (χ2n) is 6.67. The van der Waals surface area contributed by atoms with Gasteiger partial charge in [0.15, 0.2) is 0 Å². The number of nitrogens with zero attached hydrogens (tertiary/aromatic N) is 1. The Labute approximate surface area is 130 Å². The molecule has 1 saturated heterocycles. The Kier molecular flexibility index (Phi) is 3.91. The number of amides is 1. The molecule has 0 bridgehead atoms. The van der Waals surface area contributed by atoms with Crippen LogP contribution in [0.25, 0.3) is 11.0 Å². The molecule has 5 nitrogen and oxygen atoms in total. The topological polar surface area (TPSA) is 67.0 Å². The van der Waals surface area contributed by atoms with Crippen molar-refractivity contribution in [2.24, 2.45) is 5.41 Å². The van der Waals surface area contributed by atoms with Crippen molar-refractivity contribution in [2.75, 3.05) is 19.8 Å². The monoisotopic (exact) mass is 301 g/mol. The average molecular weight is 301 g/mol. The minimum atomic E-state index is 0.0708. The van der Waals surface area contributed by atoms with E-state index in [1.54, 1.807) is 0 Å². The van der Waals surface area contributed by atoms with Gasteiger partial charge in [-0.25, -0.2) is 4.98 Å². The van der Waals surface area contributed by atoms with E-state index in [1.807, 2.05) is 6.07 Å². The molecule has 118 valence electrons. The number of fused-ring (bicyclic) bond motifs is 1. The summed E-state index contributed by atoms with van der Waals surface area (Å²) in [5.74, 6) is 0.943. The largest absolute Gasteiger partial charge is 0.380 e. The second-order valence-corrected chi connectivity index (χ2v) is 6.67. The number of hydrogen-bond donors (Lipinski definition) is 2. The third-order valence-electron chi connectivity index (χ3n) is 4.43. The van der Waals surface area contributed by atoms with Crippen molar-refractivity contribution in [3.63, 3.8) is 0 Å². The Balaban J connectivity index is 1.57. The summed E-state index contributed by atoms with van der Waals surface area (Å²) in [5, 5.41) is 2.99. The van der Waals surface area contributed by atoms with Crippen LogP contribution in [0.4, 0.5) is 0 Å². The molecule has 0 atom stereocenters. The number of nitrogens with one attached hydrogen (secondary N) is 2. The smallest absolute Gasteiger partial charge is 0.220 e. The van der Waals surface area contributed by atoms with Gasteiger partial charge >= 0.3 is 0 Å². The average Bonchev–Trinajstić information content (AvgIpc) is 2.89. The standard InChI is InChI=1S/C17H23N3O2/c1-11-4-5-13-16(12(11)2)20-14(19-13)6-7-15(21)18-8-17(3)9-22-10-17/h4-5H,6-10H2,1-3H3,(H,18,21)(H,19,20). The zero-order valence-electron chi connectivity index (χ0n) is 13.5. The number of hydrogen-bond acceptors (Lipinski definition) is 3. The first-order chi connectivity index (χ1) is 10.5. The van der Waals surface area contributed by atoms with Crippen molar-refractivity contribution in [1.29, 1.82) is 0 Å². The molecular weight excluding hydrogens is 278 g/mol. The normalized spacial score (nSPS) is 16.5. The van der Waals surface area contributed by atoms with E-state index in [1.165, 1.54) is 11.1 Å². The lowest BCUT2D eigenvalue weighted by Gasteiger charge is -2.38. The van der Waals surface area contributed by atoms with Gasteiger partial charge in [-0.15, -0.1) is 0 Å². The molecule has 2 aromatic rings. The van der Waals surface area contributed by atoms with Crippen LogP contribution >= 0.6 is 0 Å². The summed E-state index contributed by atoms with van der Waals surface area (Å²) in [6, 6.07) is 4.14. The fourth-order valence-corrected chi connectivity index (χ4v) is 2.67. The molecule has 1 aromatic heterocycles. The number of imidazole rings is 1. The van der Waals surface area contributed by atoms with Crippen molar-refractivity contribution < 1.29 is 9.53 Å². The molecule has 1 fully saturated rings. The summed E-state index contributed by atoms with van der Waals surface area (Å²) in [6.07, 6.45) is 1.08. The molecule has 0 spiro atoms. The van der Waals surface area contributed by atoms with Crippen LogP contribution in [-0.4, -0.2) is 35.6 Å². The lowest BCUT2D eigenvalue weighted by atomic mass is 9.89. The Morgan fingerprint density at radius 1 is 1.41 bits per heavy atom. The molecule has 1 aromatic carbocycles. The summed E-state index contributed by atoms with van der Waals surface area (Å²) in [5.41, 5.74) is 4.60. The van der Waals surface area contributed by atoms with Crippen LogP contribution < -0.4 is 5.32 Å². The van der Waals surface area contributed by atoms with Crippen LogP contribution in [0.5, 0.6) is 0 Å². The Morgan fingerprint density at radius 2 is 2.18 bits per heavy atom. The van der Waals surface area contributed by atoms with Crippen molar-refractivity contribution in [2.45, 2.75) is 33.6 Å². The van der Waals surface area contributed by atoms with Gasteiger partial charge < -0.3 is 15.0 Å². The molecule has 0 unspecified atom stereocenters. The number of carbonyl (C=O) groups is 1. The molecule has 1 aliphatic heterocycles. The highest BCUT2D eigenvalue weighted by Gasteiger charge is 2.33. The predicted octanol–water partition coefficient (Wildman–Crippen LogP) is 2.27. The first-order valence-corrected chi connectivity index (χ1v) is 7.76. The summed E-state index contributed by atoms with van der Waals surface area (Å²) < 4.78 is 5.19. The van der Waals surface area contributed by atoms with E-state index in [0.717, 1.165) is 30.1 Å². The van der Waals surface area contributed by atoms with Crippen LogP contribution in [0.1, 0.15) is 30.3 Å². The number of carbonyl (C=O) groups excluding carboxylic acids is 1. The highest BCUT2D eigenvalue weighted by Crippen LogP contribution is 2.25. The Morgan fingerprint density at radius 3 is 2.86 bits per heavy atom. The predicted molar refractivity (Wildman–Crippen MR) is 85.8 cm³/mol. The molecule has 2 heterocycles. The fraction of sp³-hybridized carbons (Fsp3) is 0.529. The third-order valence-corrected chi connectivity index (χ3v) is 4.43. The first-order valence-electron chi connectivity index (χ1n) is 7.76. The van der Waals surface area contributed by atoms with Gasteiger partial charge in [0.05, 0.1) is 24.2 Å². The minimum Gasteiger partial charge on any atom is -0.380 e. The lowest BCUT2D eigenvalue weighted by molar-refractivity contribution is -0.126. The van der Waals surface area contributed by atoms with Gasteiger partial charge in [-0.1, -0.05) is 13.0 Å². The molecule has 0 aliphatic carbocycles. The van der Waals surface area contributed by atoms with E-state index in [-0.39, 0.29) is 11.3 Å². The maximum absolute atomic E-state index is 11.9. The number of benzene rings is 1. The van der Waals surface area contributed by atoms with Crippen LogP contribution in [0.3, 0.4) is 0 Å². The zero-order chi connectivity index (χ0) is 15.7. The quantitative estimate of drug-likeness (QED) is 0.890. The van der Waals surface area contributed by atoms with E-state index in [2.05, 4.69) is 42.1 Å². The molecule has 0 saturated carbocycles. The molecule has 0 radical (unpaired) electrons. The van der Waals surface area contributed by atoms with E-state index < -0.39 is 0 Å². The summed E-state index contributed by atoms with van der Waals surface area (Å²) >= 11 is 0. The van der Waals surface area contributed by atoms with Gasteiger partial charge in [-0.3, -0.25) is 4.79 Å². The maximum atomic E-state index is 11.9. The van der Waals surface area contributed by atoms with Gasteiger partial charge in [0.25, 0.3) is 0 Å². The van der Waals surface area contributed by atoms with Crippen LogP contribution in [0.15, 0.2) is 12.1 Å². The highest BCUT2D eigenvalue weighted by atomic mass is 16.5. The van der Waals surface area contributed by atoms with E-state index in [0.29, 0.717) is 19.4 Å². The Hall–Kier alpha value is -1.88. The van der Waals surface area contributed by atoms with Crippen LogP contribution in [0, 0.1) is 19.3 Å². The molecule has 3 rings (SSSR count). The highest BCUT2D eigenvalue weighted by molar-refractivity contribution is 5.80. The Bertz CT molecular complexity index is 701. The van der Waals surface area contributed by atoms with Crippen LogP contribution in [0.2, 0.25) is 0 Å². The molecule has 22 heavy (non-hydrogen) atoms. The number of aryl methyl sites for hydroxylation is 3. The van der Waals surface area contributed by atoms with Crippen LogP contribution in [-0.2, 0) is 16.0 Å². The molecule has 5 heteroatoms. The zero-order valence-corrected chi connectivity index (χ0v) is 13.5. The number of rotatable bonds is 5. The van der Waals surface area contributed by atoms with Crippen molar-refractivity contribution >= 4 is 16.9 Å². The number of aromatic amines is 1. The minimum absolute atomic E-state index is 0.0708. The SMILES string of the molecule is Cc1ccc2[nH]c(CCC(=O)NCC3(C)COC3)nc2c1C. The van der Waals surface area contributed by atoms with E-state index in [9.17, 15) is 4.79 Å². The lowest BCUT2D eigenvalue weighted by Crippen LogP contribution is -2.48. The van der Waals surface area contributed by atoms with Crippen molar-refractivity contribution in [3.8, 4) is 0 Å². The third kappa shape index (κ3) is 2.99. The number of aromatic nitrogens is 2. The molecule has 2 N–H and O–H groups in total. The number of ether oxygens (including phenoxy) is 1. The molecule has 1 amide bonds. The molecule has 1 aliphatic rings. The second kappa shape index (κ2) is 5.72. The van der Waals surface area contributed by atoms with Gasteiger partial charge in [0.2, 0.25) is 5.91 Å². The van der Waals surface area contributed by atoms with Crippen molar-refractivity contribution in [3.05, 3.63) is 29.1 Å². The number of H-pyrrole nitrogens is 1. The fourth-order valence-electron chi connectivity index (χ4n) is 2.67. The van der Waals surface area contributed by atoms with Gasteiger partial charge in [0.1, 0.15) is 5.82 Å². The summed E-state index contributed by atoms with van der Waals surface area (Å²) in [6.45, 7) is 8.44. The van der Waals surface area contributed by atoms with E-state index >= 15 is 0 Å². The van der Waals surface area contributed by atoms with Gasteiger partial charge in [-0.2, -0.15) is 0 Å². The maximum Gasteiger partial charge on any atom is 0.220 e. The van der Waals surface area contributed by atoms with Gasteiger partial charge in [-0.05, 0) is 31.0 Å². The first kappa shape index (κ1) is 15.0. The van der Waals surface area contributed by atoms with Gasteiger partial charge in [0, 0.05) is 24.8 Å². The van der Waals surface area contributed by atoms with Crippen molar-refractivity contribution in [1.82, 2.24) is 15.3 Å². The summed E-state index contributed by atoms with van der Waals surface area (Å²) in [7, 11) is 0. The van der Waals surface area contributed by atoms with E-state index in [4.69, 9.17) is 4.74 Å². The summed E-state index contributed by atoms with van der Waals surface area (Å²) in [4.78, 5) is 19.9.